The molecule has 0 aliphatic rings. The number of hydrogen-bond acceptors (Lipinski definition) is 5. The molecule has 7 heteroatoms. The first-order valence-corrected chi connectivity index (χ1v) is 9.68. The zero-order chi connectivity index (χ0) is 21.4. The van der Waals surface area contributed by atoms with Crippen molar-refractivity contribution in [2.75, 3.05) is 13.2 Å². The molecule has 0 radical (unpaired) electrons. The van der Waals surface area contributed by atoms with Crippen LogP contribution >= 0.6 is 0 Å². The van der Waals surface area contributed by atoms with Crippen molar-refractivity contribution < 1.29 is 34.8 Å². The normalized spacial score (nSPS) is 13.7. The number of aliphatic hydroxyl groups excluding tert-OH is 2. The Kier molecular flexibility index (Phi) is 14.9. The molecule has 0 spiro atoms. The number of aliphatic carboxylic acids is 2. The lowest BCUT2D eigenvalue weighted by Crippen LogP contribution is -2.30. The van der Waals surface area contributed by atoms with Crippen LogP contribution in [0.2, 0.25) is 0 Å². The molecule has 0 aliphatic carbocycles. The molecule has 0 saturated heterocycles. The summed E-state index contributed by atoms with van der Waals surface area (Å²) in [5.74, 6) is -1.94. The van der Waals surface area contributed by atoms with Gasteiger partial charge in [0.2, 0.25) is 0 Å². The Hall–Kier alpha value is -1.96. The smallest absolute Gasteiger partial charge is 0.303 e. The predicted octanol–water partition coefficient (Wildman–Crippen LogP) is 2.73. The van der Waals surface area contributed by atoms with E-state index in [-0.39, 0.29) is 31.5 Å². The SMILES string of the molecule is CCCCC(Cc1ccccc1)C(O)COC(C)CO.O=C(O)CCC(=O)O. The summed E-state index contributed by atoms with van der Waals surface area (Å²) >= 11 is 0. The third-order valence-corrected chi connectivity index (χ3v) is 4.17. The topological polar surface area (TPSA) is 124 Å². The molecule has 0 fully saturated rings. The Morgan fingerprint density at radius 2 is 1.64 bits per heavy atom. The van der Waals surface area contributed by atoms with E-state index in [4.69, 9.17) is 20.1 Å². The monoisotopic (exact) mass is 398 g/mol. The van der Waals surface area contributed by atoms with Gasteiger partial charge < -0.3 is 25.2 Å². The summed E-state index contributed by atoms with van der Waals surface area (Å²) in [6, 6.07) is 10.3. The second-order valence-electron chi connectivity index (χ2n) is 6.77. The lowest BCUT2D eigenvalue weighted by Gasteiger charge is -2.24. The number of carboxylic acid groups (broad SMARTS) is 2. The van der Waals surface area contributed by atoms with Crippen molar-refractivity contribution in [3.05, 3.63) is 35.9 Å². The summed E-state index contributed by atoms with van der Waals surface area (Å²) in [5, 5.41) is 35.1. The van der Waals surface area contributed by atoms with E-state index >= 15 is 0 Å². The lowest BCUT2D eigenvalue weighted by atomic mass is 9.89. The molecule has 1 aromatic carbocycles. The highest BCUT2D eigenvalue weighted by Gasteiger charge is 2.20. The molecule has 7 nitrogen and oxygen atoms in total. The highest BCUT2D eigenvalue weighted by Crippen LogP contribution is 2.20. The summed E-state index contributed by atoms with van der Waals surface area (Å²) in [5.41, 5.74) is 1.25. The van der Waals surface area contributed by atoms with E-state index in [9.17, 15) is 14.7 Å². The minimum atomic E-state index is -1.08. The minimum absolute atomic E-state index is 0.00890. The standard InChI is InChI=1S/C17H28O3.C4H6O4/c1-3-4-10-16(11-15-8-6-5-7-9-15)17(19)13-20-14(2)12-18;5-3(6)1-2-4(7)8/h5-9,14,16-19H,3-4,10-13H2,1-2H3;1-2H2,(H,5,6)(H,7,8). The van der Waals surface area contributed by atoms with Crippen molar-refractivity contribution in [1.29, 1.82) is 0 Å². The second-order valence-corrected chi connectivity index (χ2v) is 6.77. The summed E-state index contributed by atoms with van der Waals surface area (Å²) in [6.07, 6.45) is 2.84. The van der Waals surface area contributed by atoms with Gasteiger partial charge in [-0.1, -0.05) is 50.1 Å². The number of carbonyl (C=O) groups is 2. The molecule has 0 amide bonds. The van der Waals surface area contributed by atoms with Gasteiger partial charge >= 0.3 is 11.9 Å². The quantitative estimate of drug-likeness (QED) is 0.403. The van der Waals surface area contributed by atoms with Crippen LogP contribution in [0.5, 0.6) is 0 Å². The Labute approximate surface area is 167 Å². The Morgan fingerprint density at radius 3 is 2.11 bits per heavy atom. The maximum atomic E-state index is 10.3. The van der Waals surface area contributed by atoms with Crippen molar-refractivity contribution in [1.82, 2.24) is 0 Å². The van der Waals surface area contributed by atoms with Gasteiger partial charge in [-0.15, -0.1) is 0 Å². The third-order valence-electron chi connectivity index (χ3n) is 4.17. The molecule has 3 atom stereocenters. The van der Waals surface area contributed by atoms with Crippen LogP contribution in [0.1, 0.15) is 51.5 Å². The van der Waals surface area contributed by atoms with E-state index < -0.39 is 18.0 Å². The molecule has 0 aliphatic heterocycles. The van der Waals surface area contributed by atoms with Crippen LogP contribution in [0, 0.1) is 5.92 Å². The summed E-state index contributed by atoms with van der Waals surface area (Å²) in [7, 11) is 0. The Balaban J connectivity index is 0.000000769. The first-order chi connectivity index (χ1) is 13.3. The highest BCUT2D eigenvalue weighted by atomic mass is 16.5. The largest absolute Gasteiger partial charge is 0.481 e. The number of unbranched alkanes of at least 4 members (excludes halogenated alkanes) is 1. The van der Waals surface area contributed by atoms with Crippen LogP contribution in [0.3, 0.4) is 0 Å². The van der Waals surface area contributed by atoms with Crippen LogP contribution in [-0.2, 0) is 20.7 Å². The number of carboxylic acids is 2. The van der Waals surface area contributed by atoms with Gasteiger partial charge in [-0.3, -0.25) is 9.59 Å². The van der Waals surface area contributed by atoms with Crippen LogP contribution < -0.4 is 0 Å². The molecule has 160 valence electrons. The first kappa shape index (κ1) is 26.0. The van der Waals surface area contributed by atoms with Crippen LogP contribution in [0.25, 0.3) is 0 Å². The van der Waals surface area contributed by atoms with Crippen molar-refractivity contribution in [3.8, 4) is 0 Å². The fraction of sp³-hybridized carbons (Fsp3) is 0.619. The van der Waals surface area contributed by atoms with Crippen LogP contribution in [-0.4, -0.2) is 57.8 Å². The van der Waals surface area contributed by atoms with Crippen LogP contribution in [0.15, 0.2) is 30.3 Å². The molecule has 1 aromatic rings. The summed E-state index contributed by atoms with van der Waals surface area (Å²) < 4.78 is 5.45. The fourth-order valence-corrected chi connectivity index (χ4v) is 2.48. The van der Waals surface area contributed by atoms with Crippen molar-refractivity contribution in [2.45, 2.75) is 64.6 Å². The van der Waals surface area contributed by atoms with Gasteiger partial charge in [0.25, 0.3) is 0 Å². The average Bonchev–Trinajstić information content (AvgIpc) is 2.68. The number of hydrogen-bond donors (Lipinski definition) is 4. The van der Waals surface area contributed by atoms with E-state index in [1.165, 1.54) is 5.56 Å². The molecule has 3 unspecified atom stereocenters. The zero-order valence-corrected chi connectivity index (χ0v) is 16.8. The van der Waals surface area contributed by atoms with Gasteiger partial charge in [0.05, 0.1) is 38.3 Å². The molecule has 28 heavy (non-hydrogen) atoms. The Morgan fingerprint density at radius 1 is 1.07 bits per heavy atom. The van der Waals surface area contributed by atoms with Crippen molar-refractivity contribution in [3.63, 3.8) is 0 Å². The maximum Gasteiger partial charge on any atom is 0.303 e. The second kappa shape index (κ2) is 16.0. The molecule has 4 N–H and O–H groups in total. The lowest BCUT2D eigenvalue weighted by molar-refractivity contribution is -0.143. The van der Waals surface area contributed by atoms with Gasteiger partial charge in [0.1, 0.15) is 0 Å². The summed E-state index contributed by atoms with van der Waals surface area (Å²) in [4.78, 5) is 19.3. The first-order valence-electron chi connectivity index (χ1n) is 9.68. The van der Waals surface area contributed by atoms with Crippen LogP contribution in [0.4, 0.5) is 0 Å². The minimum Gasteiger partial charge on any atom is -0.481 e. The number of ether oxygens (including phenoxy) is 1. The maximum absolute atomic E-state index is 10.3. The van der Waals surface area contributed by atoms with Gasteiger partial charge in [-0.25, -0.2) is 0 Å². The van der Waals surface area contributed by atoms with Crippen molar-refractivity contribution in [2.24, 2.45) is 5.92 Å². The fourth-order valence-electron chi connectivity index (χ4n) is 2.48. The van der Waals surface area contributed by atoms with Gasteiger partial charge in [0, 0.05) is 0 Å². The number of aliphatic hydroxyl groups is 2. The molecule has 1 rings (SSSR count). The Bertz CT molecular complexity index is 519. The van der Waals surface area contributed by atoms with Crippen molar-refractivity contribution >= 4 is 11.9 Å². The average molecular weight is 398 g/mol. The number of benzene rings is 1. The predicted molar refractivity (Wildman–Crippen MR) is 106 cm³/mol. The molecular weight excluding hydrogens is 364 g/mol. The van der Waals surface area contributed by atoms with Gasteiger partial charge in [-0.2, -0.15) is 0 Å². The van der Waals surface area contributed by atoms with Gasteiger partial charge in [-0.05, 0) is 31.2 Å². The van der Waals surface area contributed by atoms with E-state index in [2.05, 4.69) is 19.1 Å². The summed E-state index contributed by atoms with van der Waals surface area (Å²) in [6.45, 7) is 4.26. The molecule has 0 heterocycles. The van der Waals surface area contributed by atoms with E-state index in [0.29, 0.717) is 6.61 Å². The molecular formula is C21H34O7. The van der Waals surface area contributed by atoms with E-state index in [1.807, 2.05) is 25.1 Å². The third kappa shape index (κ3) is 14.1. The zero-order valence-electron chi connectivity index (χ0n) is 16.8. The van der Waals surface area contributed by atoms with E-state index in [1.54, 1.807) is 0 Å². The highest BCUT2D eigenvalue weighted by molar-refractivity contribution is 5.75. The molecule has 0 aromatic heterocycles. The number of rotatable bonds is 13. The van der Waals surface area contributed by atoms with Gasteiger partial charge in [0.15, 0.2) is 0 Å². The van der Waals surface area contributed by atoms with E-state index in [0.717, 1.165) is 25.7 Å². The molecule has 0 bridgehead atoms. The molecule has 0 saturated carbocycles.